The molecule has 0 spiro atoms. The number of hydrogen-bond acceptors (Lipinski definition) is 8. The van der Waals surface area contributed by atoms with Crippen LogP contribution >= 0.6 is 23.2 Å². The largest absolute Gasteiger partial charge is 0.433 e. The van der Waals surface area contributed by atoms with Gasteiger partial charge in [0, 0.05) is 12.8 Å². The van der Waals surface area contributed by atoms with Crippen LogP contribution in [0.15, 0.2) is 76.4 Å². The second-order valence-electron chi connectivity index (χ2n) is 10.3. The Bertz CT molecular complexity index is 1980. The molecule has 1 atom stereocenters. The number of hydrogen-bond donors (Lipinski definition) is 1. The van der Waals surface area contributed by atoms with Crippen LogP contribution in [0.3, 0.4) is 0 Å². The van der Waals surface area contributed by atoms with E-state index in [9.17, 15) is 27.6 Å². The molecule has 43 heavy (non-hydrogen) atoms. The molecule has 0 saturated carbocycles. The summed E-state index contributed by atoms with van der Waals surface area (Å²) in [4.78, 5) is 58.5. The third-order valence-corrected chi connectivity index (χ3v) is 8.68. The van der Waals surface area contributed by atoms with Crippen molar-refractivity contribution in [1.29, 1.82) is 0 Å². The second-order valence-corrected chi connectivity index (χ2v) is 13.1. The first-order valence-corrected chi connectivity index (χ1v) is 15.4. The van der Waals surface area contributed by atoms with Crippen molar-refractivity contribution in [3.05, 3.63) is 98.5 Å². The molecule has 1 fully saturated rings. The number of benzene rings is 3. The number of nitrogens with zero attached hydrogens (tertiary/aromatic N) is 3. The van der Waals surface area contributed by atoms with Crippen molar-refractivity contribution >= 4 is 67.5 Å². The Morgan fingerprint density at radius 2 is 1.65 bits per heavy atom. The molecule has 1 aliphatic rings. The number of aromatic nitrogens is 2. The smallest absolute Gasteiger partial charge is 0.418 e. The van der Waals surface area contributed by atoms with Crippen LogP contribution in [0.5, 0.6) is 0 Å². The number of fused-ring (bicyclic) bond motifs is 1. The third kappa shape index (κ3) is 5.73. The van der Waals surface area contributed by atoms with E-state index in [0.717, 1.165) is 24.0 Å². The molecule has 3 aromatic carbocycles. The monoisotopic (exact) mass is 642 g/mol. The highest BCUT2D eigenvalue weighted by Gasteiger charge is 2.53. The molecular weight excluding hydrogens is 619 g/mol. The first-order valence-electron chi connectivity index (χ1n) is 12.8. The lowest BCUT2D eigenvalue weighted by Crippen LogP contribution is -2.45. The van der Waals surface area contributed by atoms with Gasteiger partial charge >= 0.3 is 6.09 Å². The topological polar surface area (TPSA) is 145 Å². The number of imide groups is 1. The number of cyclic esters (lactones) is 1. The number of ether oxygens (including phenoxy) is 1. The molecule has 0 bridgehead atoms. The summed E-state index contributed by atoms with van der Waals surface area (Å²) in [5.74, 6) is -2.05. The fraction of sp³-hybridized carbons (Fsp3) is 0.207. The molecule has 4 aromatic rings. The maximum absolute atomic E-state index is 14.1. The van der Waals surface area contributed by atoms with Crippen LogP contribution in [0, 0.1) is 0 Å². The summed E-state index contributed by atoms with van der Waals surface area (Å²) in [6.07, 6.45) is -0.178. The van der Waals surface area contributed by atoms with E-state index >= 15 is 0 Å². The summed E-state index contributed by atoms with van der Waals surface area (Å²) in [7, 11) is -3.75. The summed E-state index contributed by atoms with van der Waals surface area (Å²) in [6.45, 7) is 2.85. The molecule has 1 aliphatic heterocycles. The Kier molecular flexibility index (Phi) is 7.80. The summed E-state index contributed by atoms with van der Waals surface area (Å²) < 4.78 is 31.0. The summed E-state index contributed by atoms with van der Waals surface area (Å²) in [5.41, 5.74) is -1.23. The lowest BCUT2D eigenvalue weighted by atomic mass is 10.1. The van der Waals surface area contributed by atoms with Gasteiger partial charge in [-0.1, -0.05) is 65.7 Å². The molecule has 1 aromatic heterocycles. The first-order chi connectivity index (χ1) is 20.2. The zero-order chi connectivity index (χ0) is 31.3. The standard InChI is InChI=1S/C29H24Cl2N4O7S/c1-29(2)27(38)35(28(39)42-29)23(26(37)32-20-13-19(31)22(14-18(20)30)43(3,40)41)24-33-25(36)17-11-7-8-12-21(17)34(24)15-16-9-5-4-6-10-16/h4-14,23H,15H2,1-3H3,(H,32,37). The number of rotatable bonds is 7. The average Bonchev–Trinajstić information content (AvgIpc) is 3.14. The predicted molar refractivity (Wildman–Crippen MR) is 160 cm³/mol. The van der Waals surface area contributed by atoms with Crippen molar-refractivity contribution in [1.82, 2.24) is 14.5 Å². The number of amides is 3. The van der Waals surface area contributed by atoms with Crippen molar-refractivity contribution < 1.29 is 27.5 Å². The zero-order valence-corrected chi connectivity index (χ0v) is 25.3. The predicted octanol–water partition coefficient (Wildman–Crippen LogP) is 4.59. The quantitative estimate of drug-likeness (QED) is 0.308. The Labute approximate surface area is 255 Å². The summed E-state index contributed by atoms with van der Waals surface area (Å²) >= 11 is 12.5. The van der Waals surface area contributed by atoms with Crippen molar-refractivity contribution in [3.63, 3.8) is 0 Å². The van der Waals surface area contributed by atoms with E-state index in [1.807, 2.05) is 30.3 Å². The maximum atomic E-state index is 14.1. The normalized spacial score (nSPS) is 15.4. The van der Waals surface area contributed by atoms with Crippen LogP contribution in [0.25, 0.3) is 10.9 Å². The molecule has 11 nitrogen and oxygen atoms in total. The van der Waals surface area contributed by atoms with Gasteiger partial charge in [0.25, 0.3) is 17.4 Å². The summed E-state index contributed by atoms with van der Waals surface area (Å²) in [5, 5.41) is 2.38. The van der Waals surface area contributed by atoms with E-state index in [1.165, 1.54) is 13.8 Å². The maximum Gasteiger partial charge on any atom is 0.418 e. The molecule has 0 radical (unpaired) electrons. The lowest BCUT2D eigenvalue weighted by Gasteiger charge is -2.27. The molecule has 14 heteroatoms. The molecule has 1 N–H and O–H groups in total. The number of carbonyl (C=O) groups excluding carboxylic acids is 3. The van der Waals surface area contributed by atoms with Crippen molar-refractivity contribution in [2.75, 3.05) is 11.6 Å². The van der Waals surface area contributed by atoms with Crippen LogP contribution in [0.1, 0.15) is 31.3 Å². The number of sulfone groups is 1. The fourth-order valence-corrected chi connectivity index (χ4v) is 6.35. The van der Waals surface area contributed by atoms with Crippen LogP contribution < -0.4 is 10.9 Å². The number of anilines is 1. The van der Waals surface area contributed by atoms with Gasteiger partial charge < -0.3 is 14.6 Å². The first kappa shape index (κ1) is 30.2. The molecule has 0 aliphatic carbocycles. The van der Waals surface area contributed by atoms with Crippen molar-refractivity contribution in [2.45, 2.75) is 36.9 Å². The molecule has 222 valence electrons. The van der Waals surface area contributed by atoms with Crippen molar-refractivity contribution in [2.24, 2.45) is 0 Å². The van der Waals surface area contributed by atoms with Gasteiger partial charge in [-0.15, -0.1) is 0 Å². The highest BCUT2D eigenvalue weighted by atomic mass is 35.5. The Hall–Kier alpha value is -4.26. The van der Waals surface area contributed by atoms with Crippen LogP contribution in [-0.4, -0.2) is 52.6 Å². The number of para-hydroxylation sites is 1. The fourth-order valence-electron chi connectivity index (χ4n) is 4.75. The lowest BCUT2D eigenvalue weighted by molar-refractivity contribution is -0.139. The van der Waals surface area contributed by atoms with E-state index in [2.05, 4.69) is 10.3 Å². The second kappa shape index (κ2) is 11.1. The number of nitrogens with one attached hydrogen (secondary N) is 1. The van der Waals surface area contributed by atoms with Gasteiger partial charge in [0.15, 0.2) is 21.5 Å². The average molecular weight is 644 g/mol. The van der Waals surface area contributed by atoms with Crippen LogP contribution in [0.4, 0.5) is 10.5 Å². The number of carbonyl (C=O) groups is 3. The molecule has 3 amide bonds. The minimum Gasteiger partial charge on any atom is -0.433 e. The van der Waals surface area contributed by atoms with Gasteiger partial charge in [0.05, 0.1) is 31.5 Å². The van der Waals surface area contributed by atoms with Crippen LogP contribution in [0.2, 0.25) is 10.0 Å². The highest BCUT2D eigenvalue weighted by molar-refractivity contribution is 7.90. The zero-order valence-electron chi connectivity index (χ0n) is 23.0. The minimum atomic E-state index is -3.75. The van der Waals surface area contributed by atoms with E-state index in [0.29, 0.717) is 10.4 Å². The van der Waals surface area contributed by atoms with Gasteiger partial charge in [0.1, 0.15) is 5.82 Å². The van der Waals surface area contributed by atoms with Crippen molar-refractivity contribution in [3.8, 4) is 0 Å². The van der Waals surface area contributed by atoms with E-state index < -0.39 is 44.9 Å². The van der Waals surface area contributed by atoms with Gasteiger partial charge in [-0.25, -0.2) is 18.1 Å². The third-order valence-electron chi connectivity index (χ3n) is 6.80. The SMILES string of the molecule is CC1(C)OC(=O)N(C(C(=O)Nc2cc(Cl)c(S(C)(=O)=O)cc2Cl)c2nc(=O)c3ccccc3n2Cc2ccccc2)C1=O. The Balaban J connectivity index is 1.72. The van der Waals surface area contributed by atoms with E-state index in [1.54, 1.807) is 28.8 Å². The van der Waals surface area contributed by atoms with E-state index in [-0.39, 0.29) is 38.4 Å². The van der Waals surface area contributed by atoms with Gasteiger partial charge in [-0.05, 0) is 43.7 Å². The van der Waals surface area contributed by atoms with E-state index in [4.69, 9.17) is 27.9 Å². The summed E-state index contributed by atoms with van der Waals surface area (Å²) in [6, 6.07) is 16.1. The minimum absolute atomic E-state index is 0.105. The molecular formula is C29H24Cl2N4O7S. The number of halogens is 2. The Morgan fingerprint density at radius 3 is 2.28 bits per heavy atom. The molecule has 1 saturated heterocycles. The van der Waals surface area contributed by atoms with Crippen LogP contribution in [-0.2, 0) is 30.7 Å². The highest BCUT2D eigenvalue weighted by Crippen LogP contribution is 2.36. The van der Waals surface area contributed by atoms with Gasteiger partial charge in [0.2, 0.25) is 0 Å². The van der Waals surface area contributed by atoms with Gasteiger partial charge in [-0.3, -0.25) is 14.4 Å². The van der Waals surface area contributed by atoms with Gasteiger partial charge in [-0.2, -0.15) is 4.98 Å². The molecule has 1 unspecified atom stereocenters. The molecule has 2 heterocycles. The molecule has 5 rings (SSSR count). The Morgan fingerprint density at radius 1 is 1.00 bits per heavy atom.